The predicted molar refractivity (Wildman–Crippen MR) is 115 cm³/mol. The van der Waals surface area contributed by atoms with Crippen LogP contribution in [-0.2, 0) is 16.6 Å². The molecule has 8 heteroatoms. The Morgan fingerprint density at radius 3 is 2.38 bits per heavy atom. The fourth-order valence-corrected chi connectivity index (χ4v) is 5.15. The Hall–Kier alpha value is -2.06. The quantitative estimate of drug-likeness (QED) is 0.618. The van der Waals surface area contributed by atoms with E-state index in [2.05, 4.69) is 16.8 Å². The smallest absolute Gasteiger partial charge is 0.268 e. The van der Waals surface area contributed by atoms with Gasteiger partial charge in [-0.2, -0.15) is 0 Å². The van der Waals surface area contributed by atoms with Crippen LogP contribution in [0.2, 0.25) is 5.02 Å². The zero-order valence-electron chi connectivity index (χ0n) is 16.5. The highest BCUT2D eigenvalue weighted by Crippen LogP contribution is 2.30. The third-order valence-corrected chi connectivity index (χ3v) is 7.38. The van der Waals surface area contributed by atoms with E-state index >= 15 is 0 Å². The van der Waals surface area contributed by atoms with Crippen molar-refractivity contribution in [2.24, 2.45) is 0 Å². The molecule has 1 fully saturated rings. The third kappa shape index (κ3) is 4.00. The van der Waals surface area contributed by atoms with E-state index in [0.717, 1.165) is 43.7 Å². The molecule has 1 aliphatic rings. The summed E-state index contributed by atoms with van der Waals surface area (Å²) < 4.78 is 33.2. The maximum atomic E-state index is 13.2. The van der Waals surface area contributed by atoms with Crippen molar-refractivity contribution < 1.29 is 13.2 Å². The lowest BCUT2D eigenvalue weighted by molar-refractivity contribution is 0.148. The number of benzene rings is 2. The summed E-state index contributed by atoms with van der Waals surface area (Å²) in [6, 6.07) is 11.9. The van der Waals surface area contributed by atoms with Crippen LogP contribution in [0.25, 0.3) is 10.9 Å². The van der Waals surface area contributed by atoms with Crippen LogP contribution in [0, 0.1) is 0 Å². The first-order valence-electron chi connectivity index (χ1n) is 9.48. The molecule has 0 aliphatic carbocycles. The van der Waals surface area contributed by atoms with Crippen LogP contribution in [0.3, 0.4) is 0 Å². The molecule has 0 radical (unpaired) electrons. The Morgan fingerprint density at radius 1 is 1.03 bits per heavy atom. The number of likely N-dealkylation sites (N-methyl/N-ethyl adjacent to an activating group) is 1. The summed E-state index contributed by atoms with van der Waals surface area (Å²) in [5, 5.41) is 1.42. The number of rotatable bonds is 5. The van der Waals surface area contributed by atoms with Gasteiger partial charge < -0.3 is 9.64 Å². The molecule has 0 atom stereocenters. The number of hydrogen-bond donors (Lipinski definition) is 0. The van der Waals surface area contributed by atoms with E-state index in [4.69, 9.17) is 16.3 Å². The first-order valence-corrected chi connectivity index (χ1v) is 11.3. The maximum absolute atomic E-state index is 13.2. The largest absolute Gasteiger partial charge is 0.497 e. The minimum atomic E-state index is -3.74. The summed E-state index contributed by atoms with van der Waals surface area (Å²) in [5.41, 5.74) is 1.68. The van der Waals surface area contributed by atoms with Gasteiger partial charge in [-0.15, -0.1) is 0 Å². The summed E-state index contributed by atoms with van der Waals surface area (Å²) >= 11 is 5.92. The van der Waals surface area contributed by atoms with Gasteiger partial charge in [0.2, 0.25) is 0 Å². The zero-order chi connectivity index (χ0) is 20.6. The van der Waals surface area contributed by atoms with E-state index in [1.54, 1.807) is 31.5 Å². The molecule has 29 heavy (non-hydrogen) atoms. The van der Waals surface area contributed by atoms with Gasteiger partial charge in [-0.05, 0) is 49.0 Å². The SMILES string of the molecule is COc1cc(CN2CCN(C)CC2)c2ccn(S(=O)(=O)c3ccc(Cl)cc3)c2c1. The highest BCUT2D eigenvalue weighted by atomic mass is 35.5. The fraction of sp³-hybridized carbons (Fsp3) is 0.333. The van der Waals surface area contributed by atoms with Crippen LogP contribution in [0.4, 0.5) is 0 Å². The van der Waals surface area contributed by atoms with Gasteiger partial charge in [-0.3, -0.25) is 4.90 Å². The number of fused-ring (bicyclic) bond motifs is 1. The number of hydrogen-bond acceptors (Lipinski definition) is 5. The molecular formula is C21H24ClN3O3S. The van der Waals surface area contributed by atoms with Crippen molar-refractivity contribution in [3.8, 4) is 5.75 Å². The Balaban J connectivity index is 1.76. The Morgan fingerprint density at radius 2 is 1.72 bits per heavy atom. The number of nitrogens with zero attached hydrogens (tertiary/aromatic N) is 3. The predicted octanol–water partition coefficient (Wildman–Crippen LogP) is 3.29. The molecule has 0 saturated carbocycles. The minimum Gasteiger partial charge on any atom is -0.497 e. The second-order valence-electron chi connectivity index (χ2n) is 7.37. The van der Waals surface area contributed by atoms with E-state index in [9.17, 15) is 8.42 Å². The second kappa shape index (κ2) is 7.99. The van der Waals surface area contributed by atoms with Crippen molar-refractivity contribution in [1.29, 1.82) is 0 Å². The number of piperazine rings is 1. The van der Waals surface area contributed by atoms with Gasteiger partial charge in [0.25, 0.3) is 10.0 Å². The molecule has 6 nitrogen and oxygen atoms in total. The van der Waals surface area contributed by atoms with Crippen LogP contribution < -0.4 is 4.74 Å². The van der Waals surface area contributed by atoms with E-state index in [-0.39, 0.29) is 4.90 Å². The Labute approximate surface area is 176 Å². The van der Waals surface area contributed by atoms with Crippen LogP contribution in [0.15, 0.2) is 53.6 Å². The molecule has 3 aromatic rings. The summed E-state index contributed by atoms with van der Waals surface area (Å²) in [6.07, 6.45) is 1.61. The van der Waals surface area contributed by atoms with E-state index in [1.807, 2.05) is 12.1 Å². The molecule has 4 rings (SSSR count). The van der Waals surface area contributed by atoms with Crippen molar-refractivity contribution in [2.75, 3.05) is 40.3 Å². The normalized spacial score (nSPS) is 16.4. The molecule has 0 bridgehead atoms. The van der Waals surface area contributed by atoms with Crippen LogP contribution in [0.1, 0.15) is 5.56 Å². The standard InChI is InChI=1S/C21H24ClN3O3S/c1-23-9-11-24(12-10-23)15-16-13-18(28-2)14-21-20(16)7-8-25(21)29(26,27)19-5-3-17(22)4-6-19/h3-8,13-14H,9-12,15H2,1-2H3. The lowest BCUT2D eigenvalue weighted by Crippen LogP contribution is -2.43. The van der Waals surface area contributed by atoms with E-state index in [1.165, 1.54) is 16.1 Å². The molecule has 1 saturated heterocycles. The number of aromatic nitrogens is 1. The van der Waals surface area contributed by atoms with Crippen molar-refractivity contribution in [2.45, 2.75) is 11.4 Å². The van der Waals surface area contributed by atoms with Gasteiger partial charge in [0, 0.05) is 55.4 Å². The molecule has 2 aromatic carbocycles. The highest BCUT2D eigenvalue weighted by molar-refractivity contribution is 7.90. The molecular weight excluding hydrogens is 410 g/mol. The van der Waals surface area contributed by atoms with Crippen molar-refractivity contribution in [3.05, 3.63) is 59.2 Å². The third-order valence-electron chi connectivity index (χ3n) is 5.43. The summed E-state index contributed by atoms with van der Waals surface area (Å²) in [7, 11) is -0.0121. The summed E-state index contributed by atoms with van der Waals surface area (Å²) in [5.74, 6) is 0.646. The molecule has 0 N–H and O–H groups in total. The average molecular weight is 434 g/mol. The van der Waals surface area contributed by atoms with Crippen LogP contribution >= 0.6 is 11.6 Å². The number of ether oxygens (including phenoxy) is 1. The fourth-order valence-electron chi connectivity index (χ4n) is 3.69. The van der Waals surface area contributed by atoms with Gasteiger partial charge in [0.05, 0.1) is 17.5 Å². The van der Waals surface area contributed by atoms with E-state index in [0.29, 0.717) is 16.3 Å². The van der Waals surface area contributed by atoms with Crippen LogP contribution in [0.5, 0.6) is 5.75 Å². The van der Waals surface area contributed by atoms with Gasteiger partial charge in [-0.1, -0.05) is 11.6 Å². The molecule has 0 spiro atoms. The zero-order valence-corrected chi connectivity index (χ0v) is 18.1. The van der Waals surface area contributed by atoms with Gasteiger partial charge in [0.1, 0.15) is 5.75 Å². The maximum Gasteiger partial charge on any atom is 0.268 e. The molecule has 1 aromatic heterocycles. The second-order valence-corrected chi connectivity index (χ2v) is 9.62. The Kier molecular flexibility index (Phi) is 5.57. The number of methoxy groups -OCH3 is 1. The van der Waals surface area contributed by atoms with E-state index < -0.39 is 10.0 Å². The lowest BCUT2D eigenvalue weighted by Gasteiger charge is -2.32. The molecule has 2 heterocycles. The van der Waals surface area contributed by atoms with Crippen LogP contribution in [-0.4, -0.2) is 62.5 Å². The molecule has 0 unspecified atom stereocenters. The highest BCUT2D eigenvalue weighted by Gasteiger charge is 2.22. The summed E-state index contributed by atoms with van der Waals surface area (Å²) in [4.78, 5) is 4.90. The van der Waals surface area contributed by atoms with Crippen molar-refractivity contribution in [3.63, 3.8) is 0 Å². The average Bonchev–Trinajstić information content (AvgIpc) is 3.15. The van der Waals surface area contributed by atoms with Gasteiger partial charge >= 0.3 is 0 Å². The Bertz CT molecular complexity index is 1120. The van der Waals surface area contributed by atoms with Crippen molar-refractivity contribution >= 4 is 32.5 Å². The monoisotopic (exact) mass is 433 g/mol. The number of halogens is 1. The first kappa shape index (κ1) is 20.2. The summed E-state index contributed by atoms with van der Waals surface area (Å²) in [6.45, 7) is 4.78. The minimum absolute atomic E-state index is 0.197. The lowest BCUT2D eigenvalue weighted by atomic mass is 10.1. The molecule has 1 aliphatic heterocycles. The first-order chi connectivity index (χ1) is 13.9. The molecule has 0 amide bonds. The van der Waals surface area contributed by atoms with Gasteiger partial charge in [-0.25, -0.2) is 12.4 Å². The molecule has 154 valence electrons. The van der Waals surface area contributed by atoms with Gasteiger partial charge in [0.15, 0.2) is 0 Å². The topological polar surface area (TPSA) is 54.8 Å². The van der Waals surface area contributed by atoms with Crippen molar-refractivity contribution in [1.82, 2.24) is 13.8 Å².